The van der Waals surface area contributed by atoms with Gasteiger partial charge in [-0.3, -0.25) is 9.59 Å². The first-order valence-corrected chi connectivity index (χ1v) is 11.2. The van der Waals surface area contributed by atoms with E-state index in [1.165, 1.54) is 6.42 Å². The smallest absolute Gasteiger partial charge is 0.254 e. The molecule has 0 atom stereocenters. The Balaban J connectivity index is 1.37. The minimum atomic E-state index is 0.00782. The van der Waals surface area contributed by atoms with E-state index in [4.69, 9.17) is 4.74 Å². The van der Waals surface area contributed by atoms with Crippen LogP contribution in [0.3, 0.4) is 0 Å². The second-order valence-electron chi connectivity index (χ2n) is 8.36. The van der Waals surface area contributed by atoms with Gasteiger partial charge in [0.15, 0.2) is 0 Å². The monoisotopic (exact) mass is 421 g/mol. The van der Waals surface area contributed by atoms with Gasteiger partial charge in [-0.25, -0.2) is 0 Å². The number of piperazine rings is 1. The quantitative estimate of drug-likeness (QED) is 0.787. The molecular weight excluding hydrogens is 390 g/mol. The Morgan fingerprint density at radius 1 is 0.935 bits per heavy atom. The number of nitrogens with one attached hydrogen (secondary N) is 1. The van der Waals surface area contributed by atoms with Crippen LogP contribution in [0.4, 0.5) is 11.4 Å². The summed E-state index contributed by atoms with van der Waals surface area (Å²) in [6, 6.07) is 15.3. The SMILES string of the molecule is COc1ccccc1N1CCN(C(=O)c2cccc(NC(=O)C3CCCCC3)c2)CC1. The van der Waals surface area contributed by atoms with Crippen molar-refractivity contribution in [2.75, 3.05) is 43.5 Å². The number of ether oxygens (including phenoxy) is 1. The number of rotatable bonds is 5. The number of hydrogen-bond acceptors (Lipinski definition) is 4. The molecule has 0 spiro atoms. The number of nitrogens with zero attached hydrogens (tertiary/aromatic N) is 2. The number of hydrogen-bond donors (Lipinski definition) is 1. The Morgan fingerprint density at radius 2 is 1.68 bits per heavy atom. The molecule has 2 aromatic carbocycles. The molecule has 6 heteroatoms. The molecule has 0 aromatic heterocycles. The topological polar surface area (TPSA) is 61.9 Å². The summed E-state index contributed by atoms with van der Waals surface area (Å²) in [5.41, 5.74) is 2.38. The summed E-state index contributed by atoms with van der Waals surface area (Å²) in [6.07, 6.45) is 5.38. The number of carbonyl (C=O) groups excluding carboxylic acids is 2. The second-order valence-corrected chi connectivity index (χ2v) is 8.36. The van der Waals surface area contributed by atoms with E-state index in [1.54, 1.807) is 13.2 Å². The van der Waals surface area contributed by atoms with Crippen molar-refractivity contribution in [1.82, 2.24) is 4.90 Å². The van der Waals surface area contributed by atoms with Crippen LogP contribution < -0.4 is 15.0 Å². The molecule has 2 amide bonds. The lowest BCUT2D eigenvalue weighted by molar-refractivity contribution is -0.120. The van der Waals surface area contributed by atoms with Crippen molar-refractivity contribution in [2.24, 2.45) is 5.92 Å². The van der Waals surface area contributed by atoms with Crippen LogP contribution in [0.5, 0.6) is 5.75 Å². The molecular formula is C25H31N3O3. The molecule has 31 heavy (non-hydrogen) atoms. The van der Waals surface area contributed by atoms with E-state index in [0.717, 1.165) is 50.2 Å². The minimum absolute atomic E-state index is 0.00782. The predicted octanol–water partition coefficient (Wildman–Crippen LogP) is 4.18. The maximum Gasteiger partial charge on any atom is 0.254 e. The number of anilines is 2. The molecule has 1 aliphatic heterocycles. The zero-order valence-corrected chi connectivity index (χ0v) is 18.2. The third kappa shape index (κ3) is 5.01. The van der Waals surface area contributed by atoms with E-state index in [2.05, 4.69) is 16.3 Å². The molecule has 0 bridgehead atoms. The minimum Gasteiger partial charge on any atom is -0.495 e. The Labute approximate surface area is 184 Å². The van der Waals surface area contributed by atoms with E-state index in [9.17, 15) is 9.59 Å². The fourth-order valence-electron chi connectivity index (χ4n) is 4.56. The Morgan fingerprint density at radius 3 is 2.42 bits per heavy atom. The van der Waals surface area contributed by atoms with E-state index in [1.807, 2.05) is 41.3 Å². The third-order valence-electron chi connectivity index (χ3n) is 6.35. The van der Waals surface area contributed by atoms with Crippen LogP contribution in [0, 0.1) is 5.92 Å². The van der Waals surface area contributed by atoms with Gasteiger partial charge in [-0.2, -0.15) is 0 Å². The molecule has 1 aliphatic carbocycles. The Bertz CT molecular complexity index is 916. The van der Waals surface area contributed by atoms with Gasteiger partial charge < -0.3 is 19.9 Å². The molecule has 2 aliphatic rings. The van der Waals surface area contributed by atoms with E-state index >= 15 is 0 Å². The molecule has 2 fully saturated rings. The molecule has 4 rings (SSSR count). The molecule has 1 N–H and O–H groups in total. The van der Waals surface area contributed by atoms with E-state index in [0.29, 0.717) is 24.3 Å². The normalized spacial score (nSPS) is 17.3. The van der Waals surface area contributed by atoms with Gasteiger partial charge in [0.2, 0.25) is 5.91 Å². The molecule has 164 valence electrons. The number of para-hydroxylation sites is 2. The lowest BCUT2D eigenvalue weighted by atomic mass is 9.88. The summed E-state index contributed by atoms with van der Waals surface area (Å²) >= 11 is 0. The van der Waals surface area contributed by atoms with Gasteiger partial charge in [0.05, 0.1) is 12.8 Å². The number of carbonyl (C=O) groups is 2. The van der Waals surface area contributed by atoms with Crippen LogP contribution >= 0.6 is 0 Å². The Kier molecular flexibility index (Phi) is 6.75. The predicted molar refractivity (Wildman–Crippen MR) is 123 cm³/mol. The van der Waals surface area contributed by atoms with Gasteiger partial charge in [0, 0.05) is 43.3 Å². The van der Waals surface area contributed by atoms with Gasteiger partial charge in [-0.05, 0) is 43.2 Å². The highest BCUT2D eigenvalue weighted by molar-refractivity contribution is 5.97. The summed E-state index contributed by atoms with van der Waals surface area (Å²) in [7, 11) is 1.68. The fourth-order valence-corrected chi connectivity index (χ4v) is 4.56. The van der Waals surface area contributed by atoms with Crippen molar-refractivity contribution >= 4 is 23.2 Å². The maximum absolute atomic E-state index is 13.1. The summed E-state index contributed by atoms with van der Waals surface area (Å²) in [5, 5.41) is 3.02. The van der Waals surface area contributed by atoms with Crippen LogP contribution in [0.15, 0.2) is 48.5 Å². The summed E-state index contributed by atoms with van der Waals surface area (Å²) in [4.78, 5) is 29.8. The first-order valence-electron chi connectivity index (χ1n) is 11.2. The van der Waals surface area contributed by atoms with E-state index in [-0.39, 0.29) is 17.7 Å². The van der Waals surface area contributed by atoms with Gasteiger partial charge in [0.1, 0.15) is 5.75 Å². The molecule has 1 heterocycles. The van der Waals surface area contributed by atoms with E-state index < -0.39 is 0 Å². The fraction of sp³-hybridized carbons (Fsp3) is 0.440. The van der Waals surface area contributed by atoms with Crippen LogP contribution in [0.25, 0.3) is 0 Å². The van der Waals surface area contributed by atoms with Crippen molar-refractivity contribution in [3.05, 3.63) is 54.1 Å². The van der Waals surface area contributed by atoms with Crippen molar-refractivity contribution in [3.8, 4) is 5.75 Å². The van der Waals surface area contributed by atoms with Gasteiger partial charge in [-0.15, -0.1) is 0 Å². The summed E-state index contributed by atoms with van der Waals surface area (Å²) in [5.74, 6) is 1.03. The molecule has 0 unspecified atom stereocenters. The molecule has 0 radical (unpaired) electrons. The lowest BCUT2D eigenvalue weighted by Gasteiger charge is -2.36. The van der Waals surface area contributed by atoms with Crippen molar-refractivity contribution in [2.45, 2.75) is 32.1 Å². The average Bonchev–Trinajstić information content (AvgIpc) is 2.84. The number of methoxy groups -OCH3 is 1. The lowest BCUT2D eigenvalue weighted by Crippen LogP contribution is -2.48. The van der Waals surface area contributed by atoms with Gasteiger partial charge in [-0.1, -0.05) is 37.5 Å². The van der Waals surface area contributed by atoms with Crippen LogP contribution in [0.1, 0.15) is 42.5 Å². The van der Waals surface area contributed by atoms with Crippen LogP contribution in [-0.4, -0.2) is 50.0 Å². The first kappa shape index (κ1) is 21.2. The Hall–Kier alpha value is -3.02. The van der Waals surface area contributed by atoms with Crippen LogP contribution in [0.2, 0.25) is 0 Å². The molecule has 1 saturated heterocycles. The second kappa shape index (κ2) is 9.86. The molecule has 2 aromatic rings. The maximum atomic E-state index is 13.1. The van der Waals surface area contributed by atoms with Crippen molar-refractivity contribution in [3.63, 3.8) is 0 Å². The summed E-state index contributed by atoms with van der Waals surface area (Å²) < 4.78 is 5.47. The molecule has 1 saturated carbocycles. The summed E-state index contributed by atoms with van der Waals surface area (Å²) in [6.45, 7) is 2.81. The van der Waals surface area contributed by atoms with Crippen molar-refractivity contribution in [1.29, 1.82) is 0 Å². The standard InChI is InChI=1S/C25H31N3O3/c1-31-23-13-6-5-12-22(23)27-14-16-28(17-15-27)25(30)20-10-7-11-21(18-20)26-24(29)19-8-3-2-4-9-19/h5-7,10-13,18-19H,2-4,8-9,14-17H2,1H3,(H,26,29). The highest BCUT2D eigenvalue weighted by atomic mass is 16.5. The van der Waals surface area contributed by atoms with Crippen LogP contribution in [-0.2, 0) is 4.79 Å². The first-order chi connectivity index (χ1) is 15.2. The third-order valence-corrected chi connectivity index (χ3v) is 6.35. The zero-order valence-electron chi connectivity index (χ0n) is 18.2. The highest BCUT2D eigenvalue weighted by Crippen LogP contribution is 2.29. The van der Waals surface area contributed by atoms with Crippen molar-refractivity contribution < 1.29 is 14.3 Å². The number of amides is 2. The zero-order chi connectivity index (χ0) is 21.6. The highest BCUT2D eigenvalue weighted by Gasteiger charge is 2.25. The average molecular weight is 422 g/mol. The van der Waals surface area contributed by atoms with Gasteiger partial charge in [0.25, 0.3) is 5.91 Å². The largest absolute Gasteiger partial charge is 0.495 e. The number of benzene rings is 2. The molecule has 6 nitrogen and oxygen atoms in total. The van der Waals surface area contributed by atoms with Gasteiger partial charge >= 0.3 is 0 Å².